The van der Waals surface area contributed by atoms with Crippen molar-refractivity contribution < 1.29 is 42.2 Å². The first-order valence-electron chi connectivity index (χ1n) is 8.42. The summed E-state index contributed by atoms with van der Waals surface area (Å²) >= 11 is 0. The van der Waals surface area contributed by atoms with Crippen molar-refractivity contribution in [2.45, 2.75) is 40.3 Å². The zero-order chi connectivity index (χ0) is 20.2. The van der Waals surface area contributed by atoms with E-state index in [0.717, 1.165) is 6.08 Å². The SMILES string of the molecule is CCOC(=O)C(=CC(C(=O)OCC)P(=O)(OCC)OCC)C(=O)OCC. The minimum atomic E-state index is -4.05. The molecule has 0 fully saturated rings. The standard InChI is InChI=1S/C16H27O9P/c1-6-21-14(17)12(15(18)22-7-2)11-13(16(19)23-8-3)26(20,24-9-4)25-10-5/h11,13H,6-10H2,1-5H3. The maximum Gasteiger partial charge on any atom is 0.348 e. The van der Waals surface area contributed by atoms with E-state index in [2.05, 4.69) is 0 Å². The van der Waals surface area contributed by atoms with E-state index in [-0.39, 0.29) is 33.0 Å². The van der Waals surface area contributed by atoms with Crippen molar-refractivity contribution in [1.82, 2.24) is 0 Å². The highest BCUT2D eigenvalue weighted by Crippen LogP contribution is 2.54. The Labute approximate surface area is 153 Å². The summed E-state index contributed by atoms with van der Waals surface area (Å²) in [5.41, 5.74) is -2.20. The van der Waals surface area contributed by atoms with Gasteiger partial charge in [-0.2, -0.15) is 0 Å². The third kappa shape index (κ3) is 7.27. The van der Waals surface area contributed by atoms with Crippen LogP contribution in [0, 0.1) is 0 Å². The molecule has 0 aliphatic heterocycles. The van der Waals surface area contributed by atoms with Crippen molar-refractivity contribution in [2.75, 3.05) is 33.0 Å². The maximum atomic E-state index is 13.0. The zero-order valence-corrected chi connectivity index (χ0v) is 16.7. The molecular formula is C16H27O9P. The van der Waals surface area contributed by atoms with Gasteiger partial charge in [-0.05, 0) is 40.7 Å². The van der Waals surface area contributed by atoms with Crippen molar-refractivity contribution >= 4 is 25.5 Å². The van der Waals surface area contributed by atoms with Gasteiger partial charge >= 0.3 is 25.5 Å². The Bertz CT molecular complexity index is 526. The van der Waals surface area contributed by atoms with Crippen molar-refractivity contribution in [3.63, 3.8) is 0 Å². The molecular weight excluding hydrogens is 367 g/mol. The predicted octanol–water partition coefficient (Wildman–Crippen LogP) is 2.24. The van der Waals surface area contributed by atoms with Crippen molar-refractivity contribution in [3.8, 4) is 0 Å². The maximum absolute atomic E-state index is 13.0. The average molecular weight is 394 g/mol. The number of hydrogen-bond acceptors (Lipinski definition) is 9. The number of esters is 3. The van der Waals surface area contributed by atoms with Gasteiger partial charge in [-0.3, -0.25) is 9.36 Å². The fourth-order valence-electron chi connectivity index (χ4n) is 1.87. The van der Waals surface area contributed by atoms with Gasteiger partial charge in [0.15, 0.2) is 5.66 Å². The summed E-state index contributed by atoms with van der Waals surface area (Å²) in [4.78, 5) is 36.5. The highest BCUT2D eigenvalue weighted by molar-refractivity contribution is 7.56. The van der Waals surface area contributed by atoms with E-state index in [0.29, 0.717) is 0 Å². The summed E-state index contributed by atoms with van der Waals surface area (Å²) < 4.78 is 37.9. The van der Waals surface area contributed by atoms with Gasteiger partial charge < -0.3 is 23.3 Å². The first-order chi connectivity index (χ1) is 12.3. The van der Waals surface area contributed by atoms with E-state index in [9.17, 15) is 18.9 Å². The van der Waals surface area contributed by atoms with Crippen molar-refractivity contribution in [1.29, 1.82) is 0 Å². The van der Waals surface area contributed by atoms with Gasteiger partial charge in [0, 0.05) is 0 Å². The van der Waals surface area contributed by atoms with Gasteiger partial charge in [0.2, 0.25) is 0 Å². The number of carbonyl (C=O) groups excluding carboxylic acids is 3. The van der Waals surface area contributed by atoms with Gasteiger partial charge in [0.1, 0.15) is 5.57 Å². The van der Waals surface area contributed by atoms with E-state index in [1.54, 1.807) is 34.6 Å². The van der Waals surface area contributed by atoms with Gasteiger partial charge in [0.05, 0.1) is 33.0 Å². The van der Waals surface area contributed by atoms with Crippen LogP contribution in [0.5, 0.6) is 0 Å². The molecule has 0 rings (SSSR count). The van der Waals surface area contributed by atoms with Crippen molar-refractivity contribution in [2.24, 2.45) is 0 Å². The number of rotatable bonds is 12. The van der Waals surface area contributed by atoms with E-state index in [4.69, 9.17) is 23.3 Å². The van der Waals surface area contributed by atoms with Crippen LogP contribution in [0.15, 0.2) is 11.6 Å². The number of hydrogen-bond donors (Lipinski definition) is 0. The molecule has 0 aromatic carbocycles. The Balaban J connectivity index is 6.19. The Hall–Kier alpha value is -1.70. The van der Waals surface area contributed by atoms with Crippen LogP contribution in [-0.2, 0) is 42.2 Å². The number of ether oxygens (including phenoxy) is 3. The minimum Gasteiger partial charge on any atom is -0.465 e. The molecule has 1 unspecified atom stereocenters. The van der Waals surface area contributed by atoms with Crippen LogP contribution in [0.4, 0.5) is 0 Å². The molecule has 1 atom stereocenters. The summed E-state index contributed by atoms with van der Waals surface area (Å²) in [5, 5.41) is 0. The second kappa shape index (κ2) is 12.6. The molecule has 150 valence electrons. The van der Waals surface area contributed by atoms with Crippen LogP contribution in [0.25, 0.3) is 0 Å². The van der Waals surface area contributed by atoms with Crippen LogP contribution in [0.2, 0.25) is 0 Å². The van der Waals surface area contributed by atoms with Crippen molar-refractivity contribution in [3.05, 3.63) is 11.6 Å². The monoisotopic (exact) mass is 394 g/mol. The van der Waals surface area contributed by atoms with Gasteiger partial charge in [-0.1, -0.05) is 0 Å². The Morgan fingerprint density at radius 2 is 1.19 bits per heavy atom. The molecule has 9 nitrogen and oxygen atoms in total. The third-order valence-electron chi connectivity index (χ3n) is 2.80. The van der Waals surface area contributed by atoms with Crippen LogP contribution in [0.1, 0.15) is 34.6 Å². The van der Waals surface area contributed by atoms with Crippen LogP contribution in [0.3, 0.4) is 0 Å². The average Bonchev–Trinajstić information content (AvgIpc) is 2.56. The molecule has 0 amide bonds. The molecule has 0 aromatic rings. The molecule has 0 aromatic heterocycles. The third-order valence-corrected chi connectivity index (χ3v) is 5.08. The lowest BCUT2D eigenvalue weighted by molar-refractivity contribution is -0.146. The van der Waals surface area contributed by atoms with E-state index in [1.165, 1.54) is 0 Å². The van der Waals surface area contributed by atoms with E-state index >= 15 is 0 Å². The molecule has 0 radical (unpaired) electrons. The normalized spacial score (nSPS) is 12.0. The summed E-state index contributed by atoms with van der Waals surface area (Å²) in [7, 11) is -4.05. The molecule has 26 heavy (non-hydrogen) atoms. The van der Waals surface area contributed by atoms with Gasteiger partial charge in [0.25, 0.3) is 0 Å². The Morgan fingerprint density at radius 3 is 1.54 bits per heavy atom. The highest BCUT2D eigenvalue weighted by Gasteiger charge is 2.42. The molecule has 0 aliphatic carbocycles. The lowest BCUT2D eigenvalue weighted by Crippen LogP contribution is -2.27. The summed E-state index contributed by atoms with van der Waals surface area (Å²) in [6.45, 7) is 7.74. The fraction of sp³-hybridized carbons (Fsp3) is 0.688. The lowest BCUT2D eigenvalue weighted by Gasteiger charge is -2.23. The molecule has 0 saturated heterocycles. The van der Waals surface area contributed by atoms with Crippen LogP contribution in [-0.4, -0.2) is 56.6 Å². The van der Waals surface area contributed by atoms with E-state index in [1.807, 2.05) is 0 Å². The largest absolute Gasteiger partial charge is 0.465 e. The molecule has 0 bridgehead atoms. The smallest absolute Gasteiger partial charge is 0.348 e. The molecule has 0 heterocycles. The second-order valence-electron chi connectivity index (χ2n) is 4.59. The lowest BCUT2D eigenvalue weighted by atomic mass is 10.2. The molecule has 0 spiro atoms. The summed E-state index contributed by atoms with van der Waals surface area (Å²) in [6, 6.07) is 0. The first kappa shape index (κ1) is 24.3. The topological polar surface area (TPSA) is 114 Å². The van der Waals surface area contributed by atoms with E-state index < -0.39 is 36.7 Å². The highest BCUT2D eigenvalue weighted by atomic mass is 31.2. The minimum absolute atomic E-state index is 0.00440. The molecule has 10 heteroatoms. The zero-order valence-electron chi connectivity index (χ0n) is 15.8. The fourth-order valence-corrected chi connectivity index (χ4v) is 3.65. The predicted molar refractivity (Wildman–Crippen MR) is 92.6 cm³/mol. The van der Waals surface area contributed by atoms with Crippen LogP contribution >= 0.6 is 7.60 Å². The quantitative estimate of drug-likeness (QED) is 0.123. The molecule has 0 aliphatic rings. The first-order valence-corrected chi connectivity index (χ1v) is 10.0. The van der Waals surface area contributed by atoms with Gasteiger partial charge in [-0.15, -0.1) is 0 Å². The summed E-state index contributed by atoms with van der Waals surface area (Å²) in [6.07, 6.45) is 0.875. The molecule has 0 N–H and O–H groups in total. The van der Waals surface area contributed by atoms with Gasteiger partial charge in [-0.25, -0.2) is 9.59 Å². The van der Waals surface area contributed by atoms with Crippen LogP contribution < -0.4 is 0 Å². The summed E-state index contributed by atoms with van der Waals surface area (Å²) in [5.74, 6) is -2.98. The molecule has 0 saturated carbocycles. The Morgan fingerprint density at radius 1 is 0.769 bits per heavy atom. The number of carbonyl (C=O) groups is 3. The Kier molecular flexibility index (Phi) is 11.8. The second-order valence-corrected chi connectivity index (χ2v) is 6.75.